The Morgan fingerprint density at radius 1 is 1.30 bits per heavy atom. The molecule has 2 fully saturated rings. The molecule has 0 unspecified atom stereocenters. The van der Waals surface area contributed by atoms with Gasteiger partial charge in [-0.3, -0.25) is 9.59 Å². The minimum absolute atomic E-state index is 0.0346. The van der Waals surface area contributed by atoms with Gasteiger partial charge >= 0.3 is 0 Å². The lowest BCUT2D eigenvalue weighted by molar-refractivity contribution is -0.138. The average Bonchev–Trinajstić information content (AvgIpc) is 3.51. The van der Waals surface area contributed by atoms with Crippen molar-refractivity contribution in [2.45, 2.75) is 44.1 Å². The summed E-state index contributed by atoms with van der Waals surface area (Å²) in [5.74, 6) is -0.903. The van der Waals surface area contributed by atoms with Gasteiger partial charge in [-0.2, -0.15) is 0 Å². The second-order valence-corrected chi connectivity index (χ2v) is 9.64. The maximum Gasteiger partial charge on any atom is 0.230 e. The Kier molecular flexibility index (Phi) is 4.99. The van der Waals surface area contributed by atoms with Gasteiger partial charge in [0.2, 0.25) is 11.8 Å². The van der Waals surface area contributed by atoms with Crippen molar-refractivity contribution in [3.63, 3.8) is 0 Å². The van der Waals surface area contributed by atoms with Crippen LogP contribution in [0.1, 0.15) is 23.8 Å². The van der Waals surface area contributed by atoms with E-state index in [-0.39, 0.29) is 24.0 Å². The van der Waals surface area contributed by atoms with E-state index in [9.17, 15) is 9.59 Å². The Balaban J connectivity index is 1.25. The molecule has 0 aliphatic carbocycles. The number of nitrogens with zero attached hydrogens (tertiary/aromatic N) is 1. The summed E-state index contributed by atoms with van der Waals surface area (Å²) < 4.78 is 6.22. The predicted molar refractivity (Wildman–Crippen MR) is 116 cm³/mol. The normalized spacial score (nSPS) is 30.0. The van der Waals surface area contributed by atoms with Crippen molar-refractivity contribution in [2.24, 2.45) is 11.8 Å². The van der Waals surface area contributed by atoms with Gasteiger partial charge in [-0.1, -0.05) is 48.6 Å². The summed E-state index contributed by atoms with van der Waals surface area (Å²) in [4.78, 5) is 29.4. The van der Waals surface area contributed by atoms with Crippen molar-refractivity contribution in [1.82, 2.24) is 10.2 Å². The van der Waals surface area contributed by atoms with Crippen LogP contribution in [-0.4, -0.2) is 41.0 Å². The monoisotopic (exact) mass is 422 g/mol. The van der Waals surface area contributed by atoms with Gasteiger partial charge in [-0.05, 0) is 36.8 Å². The van der Waals surface area contributed by atoms with Gasteiger partial charge in [0.15, 0.2) is 0 Å². The first kappa shape index (κ1) is 19.5. The number of carbonyl (C=O) groups is 2. The lowest BCUT2D eigenvalue weighted by atomic mass is 9.76. The van der Waals surface area contributed by atoms with Crippen molar-refractivity contribution in [3.05, 3.63) is 70.4 Å². The number of likely N-dealkylation sites (tertiary alicyclic amines) is 1. The summed E-state index contributed by atoms with van der Waals surface area (Å²) in [5.41, 5.74) is 0.618. The number of hydrogen-bond acceptors (Lipinski definition) is 4. The third kappa shape index (κ3) is 3.38. The summed E-state index contributed by atoms with van der Waals surface area (Å²) in [6.45, 7) is 3.13. The molecule has 0 radical (unpaired) electrons. The number of aryl methyl sites for hydroxylation is 1. The van der Waals surface area contributed by atoms with E-state index in [2.05, 4.69) is 17.4 Å². The average molecular weight is 423 g/mol. The second kappa shape index (κ2) is 7.67. The van der Waals surface area contributed by atoms with Crippen LogP contribution in [0.15, 0.2) is 60.0 Å². The van der Waals surface area contributed by atoms with E-state index in [4.69, 9.17) is 4.74 Å². The van der Waals surface area contributed by atoms with E-state index in [0.717, 1.165) is 17.7 Å². The summed E-state index contributed by atoms with van der Waals surface area (Å²) >= 11 is 1.64. The number of benzene rings is 1. The van der Waals surface area contributed by atoms with Crippen LogP contribution >= 0.6 is 11.3 Å². The molecular weight excluding hydrogens is 396 g/mol. The summed E-state index contributed by atoms with van der Waals surface area (Å²) in [6.07, 6.45) is 5.45. The molecular formula is C24H26N2O3S. The van der Waals surface area contributed by atoms with Gasteiger partial charge in [0, 0.05) is 10.9 Å². The molecule has 2 amide bonds. The Morgan fingerprint density at radius 2 is 2.13 bits per heavy atom. The summed E-state index contributed by atoms with van der Waals surface area (Å²) in [7, 11) is 0. The lowest BCUT2D eigenvalue weighted by Gasteiger charge is -2.25. The van der Waals surface area contributed by atoms with Crippen LogP contribution in [0.4, 0.5) is 0 Å². The van der Waals surface area contributed by atoms with E-state index >= 15 is 0 Å². The Labute approximate surface area is 180 Å². The fourth-order valence-corrected chi connectivity index (χ4v) is 5.76. The SMILES string of the molecule is C[C@H](CCc1ccccc1)NC(=O)[C@@H]1[C@H]2C=C[C@@]3(CN(Cc4cccs4)C(=O)[C@@H]13)O2. The van der Waals surface area contributed by atoms with Crippen molar-refractivity contribution < 1.29 is 14.3 Å². The Morgan fingerprint density at radius 3 is 2.90 bits per heavy atom. The maximum absolute atomic E-state index is 13.2. The highest BCUT2D eigenvalue weighted by Gasteiger charge is 2.66. The van der Waals surface area contributed by atoms with E-state index in [1.807, 2.05) is 59.7 Å². The minimum Gasteiger partial charge on any atom is -0.360 e. The molecule has 156 valence electrons. The van der Waals surface area contributed by atoms with Crippen LogP contribution in [0.3, 0.4) is 0 Å². The number of carbonyl (C=O) groups excluding carboxylic acids is 2. The first-order valence-electron chi connectivity index (χ1n) is 10.6. The minimum atomic E-state index is -0.645. The quantitative estimate of drug-likeness (QED) is 0.698. The molecule has 1 N–H and O–H groups in total. The second-order valence-electron chi connectivity index (χ2n) is 8.61. The molecule has 5 rings (SSSR count). The number of hydrogen-bond donors (Lipinski definition) is 1. The van der Waals surface area contributed by atoms with Gasteiger partial charge in [0.25, 0.3) is 0 Å². The van der Waals surface area contributed by atoms with E-state index in [1.54, 1.807) is 11.3 Å². The Hall–Kier alpha value is -2.44. The van der Waals surface area contributed by atoms with E-state index < -0.39 is 17.4 Å². The van der Waals surface area contributed by atoms with Crippen LogP contribution in [0.5, 0.6) is 0 Å². The van der Waals surface area contributed by atoms with Gasteiger partial charge in [0.05, 0.1) is 31.0 Å². The van der Waals surface area contributed by atoms with Crippen molar-refractivity contribution in [1.29, 1.82) is 0 Å². The van der Waals surface area contributed by atoms with Crippen LogP contribution in [-0.2, 0) is 27.3 Å². The molecule has 1 aromatic carbocycles. The zero-order chi connectivity index (χ0) is 20.7. The number of fused-ring (bicyclic) bond motifs is 1. The van der Waals surface area contributed by atoms with Crippen LogP contribution < -0.4 is 5.32 Å². The highest BCUT2D eigenvalue weighted by atomic mass is 32.1. The fraction of sp³-hybridized carbons (Fsp3) is 0.417. The van der Waals surface area contributed by atoms with Crippen molar-refractivity contribution in [2.75, 3.05) is 6.54 Å². The van der Waals surface area contributed by atoms with Gasteiger partial charge < -0.3 is 15.0 Å². The van der Waals surface area contributed by atoms with E-state index in [1.165, 1.54) is 5.56 Å². The number of amides is 2. The lowest BCUT2D eigenvalue weighted by Crippen LogP contribution is -2.46. The van der Waals surface area contributed by atoms with Gasteiger partial charge in [-0.25, -0.2) is 0 Å². The molecule has 2 bridgehead atoms. The molecule has 30 heavy (non-hydrogen) atoms. The van der Waals surface area contributed by atoms with Crippen LogP contribution in [0, 0.1) is 11.8 Å². The first-order chi connectivity index (χ1) is 14.6. The van der Waals surface area contributed by atoms with Gasteiger partial charge in [-0.15, -0.1) is 11.3 Å². The molecule has 0 saturated carbocycles. The van der Waals surface area contributed by atoms with Crippen molar-refractivity contribution >= 4 is 23.2 Å². The molecule has 5 nitrogen and oxygen atoms in total. The number of nitrogens with one attached hydrogen (secondary N) is 1. The smallest absolute Gasteiger partial charge is 0.230 e. The van der Waals surface area contributed by atoms with Crippen LogP contribution in [0.2, 0.25) is 0 Å². The maximum atomic E-state index is 13.2. The number of thiophene rings is 1. The zero-order valence-electron chi connectivity index (χ0n) is 17.0. The molecule has 2 aromatic rings. The third-order valence-electron chi connectivity index (χ3n) is 6.51. The molecule has 3 aliphatic rings. The zero-order valence-corrected chi connectivity index (χ0v) is 17.8. The number of rotatable bonds is 7. The molecule has 1 aromatic heterocycles. The standard InChI is InChI=1S/C24H26N2O3S/c1-16(9-10-17-6-3-2-4-7-17)25-22(27)20-19-11-12-24(29-19)15-26(23(28)21(20)24)14-18-8-5-13-30-18/h2-8,11-13,16,19-21H,9-10,14-15H2,1H3,(H,25,27)/t16-,19-,20-,21-,24+/m1/s1. The van der Waals surface area contributed by atoms with Crippen molar-refractivity contribution in [3.8, 4) is 0 Å². The molecule has 3 aliphatic heterocycles. The van der Waals surface area contributed by atoms with Crippen LogP contribution in [0.25, 0.3) is 0 Å². The molecule has 5 atom stereocenters. The summed E-state index contributed by atoms with van der Waals surface area (Å²) in [5, 5.41) is 5.16. The predicted octanol–water partition coefficient (Wildman–Crippen LogP) is 3.17. The molecule has 4 heterocycles. The van der Waals surface area contributed by atoms with Gasteiger partial charge in [0.1, 0.15) is 5.60 Å². The molecule has 1 spiro atoms. The highest BCUT2D eigenvalue weighted by molar-refractivity contribution is 7.09. The molecule has 2 saturated heterocycles. The third-order valence-corrected chi connectivity index (χ3v) is 7.37. The molecule has 6 heteroatoms. The Bertz CT molecular complexity index is 958. The fourth-order valence-electron chi connectivity index (χ4n) is 5.04. The van der Waals surface area contributed by atoms with E-state index in [0.29, 0.717) is 13.1 Å². The summed E-state index contributed by atoms with van der Waals surface area (Å²) in [6, 6.07) is 14.3. The highest BCUT2D eigenvalue weighted by Crippen LogP contribution is 2.52. The topological polar surface area (TPSA) is 58.6 Å². The number of ether oxygens (including phenoxy) is 1. The largest absolute Gasteiger partial charge is 0.360 e. The first-order valence-corrected chi connectivity index (χ1v) is 11.5.